The lowest BCUT2D eigenvalue weighted by atomic mass is 10.1. The normalized spacial score (nSPS) is 18.5. The molecule has 0 spiro atoms. The van der Waals surface area contributed by atoms with Crippen LogP contribution in [0.4, 0.5) is 4.39 Å². The van der Waals surface area contributed by atoms with E-state index in [1.807, 2.05) is 6.07 Å². The van der Waals surface area contributed by atoms with Crippen LogP contribution in [0.3, 0.4) is 0 Å². The van der Waals surface area contributed by atoms with Crippen molar-refractivity contribution in [1.82, 2.24) is 5.32 Å². The Morgan fingerprint density at radius 3 is 3.00 bits per heavy atom. The Bertz CT molecular complexity index is 395. The SMILES string of the molecule is N#CCCNC1Cc2ccc(F)cc2C1. The number of nitriles is 1. The predicted molar refractivity (Wildman–Crippen MR) is 55.8 cm³/mol. The number of hydrogen-bond donors (Lipinski definition) is 1. The Hall–Kier alpha value is -1.40. The van der Waals surface area contributed by atoms with Crippen molar-refractivity contribution < 1.29 is 4.39 Å². The fourth-order valence-corrected chi connectivity index (χ4v) is 2.06. The third-order valence-corrected chi connectivity index (χ3v) is 2.77. The van der Waals surface area contributed by atoms with Gasteiger partial charge in [-0.25, -0.2) is 4.39 Å². The van der Waals surface area contributed by atoms with E-state index in [4.69, 9.17) is 5.26 Å². The third kappa shape index (κ3) is 2.34. The Balaban J connectivity index is 1.95. The minimum atomic E-state index is -0.161. The second-order valence-corrected chi connectivity index (χ2v) is 3.88. The molecule has 3 heteroatoms. The molecule has 0 bridgehead atoms. The van der Waals surface area contributed by atoms with Crippen LogP contribution in [0.5, 0.6) is 0 Å². The molecule has 0 saturated carbocycles. The van der Waals surface area contributed by atoms with E-state index in [1.165, 1.54) is 11.6 Å². The van der Waals surface area contributed by atoms with Crippen molar-refractivity contribution >= 4 is 0 Å². The summed E-state index contributed by atoms with van der Waals surface area (Å²) in [7, 11) is 0. The van der Waals surface area contributed by atoms with Crippen molar-refractivity contribution in [2.75, 3.05) is 6.54 Å². The summed E-state index contributed by atoms with van der Waals surface area (Å²) >= 11 is 0. The van der Waals surface area contributed by atoms with E-state index < -0.39 is 0 Å². The molecular formula is C12H13FN2. The minimum absolute atomic E-state index is 0.161. The fourth-order valence-electron chi connectivity index (χ4n) is 2.06. The largest absolute Gasteiger partial charge is 0.312 e. The summed E-state index contributed by atoms with van der Waals surface area (Å²) in [6, 6.07) is 7.45. The highest BCUT2D eigenvalue weighted by Crippen LogP contribution is 2.22. The van der Waals surface area contributed by atoms with Gasteiger partial charge < -0.3 is 5.32 Å². The van der Waals surface area contributed by atoms with Crippen LogP contribution in [-0.2, 0) is 12.8 Å². The van der Waals surface area contributed by atoms with Crippen LogP contribution in [0.1, 0.15) is 17.5 Å². The second kappa shape index (κ2) is 4.41. The molecule has 1 aliphatic carbocycles. The third-order valence-electron chi connectivity index (χ3n) is 2.77. The van der Waals surface area contributed by atoms with Crippen LogP contribution in [-0.4, -0.2) is 12.6 Å². The fraction of sp³-hybridized carbons (Fsp3) is 0.417. The van der Waals surface area contributed by atoms with E-state index in [-0.39, 0.29) is 5.82 Å². The number of halogens is 1. The first-order chi connectivity index (χ1) is 7.29. The molecule has 2 rings (SSSR count). The first-order valence-electron chi connectivity index (χ1n) is 5.17. The number of hydrogen-bond acceptors (Lipinski definition) is 2. The molecule has 1 aromatic rings. The van der Waals surface area contributed by atoms with Crippen molar-refractivity contribution in [1.29, 1.82) is 5.26 Å². The van der Waals surface area contributed by atoms with E-state index in [2.05, 4.69) is 11.4 Å². The average Bonchev–Trinajstić information content (AvgIpc) is 2.60. The molecule has 0 aromatic heterocycles. The highest BCUT2D eigenvalue weighted by molar-refractivity contribution is 5.33. The van der Waals surface area contributed by atoms with Crippen LogP contribution in [0.2, 0.25) is 0 Å². The first kappa shape index (κ1) is 10.1. The highest BCUT2D eigenvalue weighted by atomic mass is 19.1. The number of fused-ring (bicyclic) bond motifs is 1. The van der Waals surface area contributed by atoms with Gasteiger partial charge in [0.05, 0.1) is 6.07 Å². The standard InChI is InChI=1S/C12H13FN2/c13-11-3-2-9-7-12(8-10(9)6-11)15-5-1-4-14/h2-3,6,12,15H,1,5,7-8H2. The molecule has 0 saturated heterocycles. The van der Waals surface area contributed by atoms with Crippen LogP contribution < -0.4 is 5.32 Å². The van der Waals surface area contributed by atoms with Crippen molar-refractivity contribution in [3.8, 4) is 6.07 Å². The summed E-state index contributed by atoms with van der Waals surface area (Å²) in [5.74, 6) is -0.161. The van der Waals surface area contributed by atoms with Gasteiger partial charge in [0.1, 0.15) is 5.82 Å². The second-order valence-electron chi connectivity index (χ2n) is 3.88. The maximum Gasteiger partial charge on any atom is 0.123 e. The van der Waals surface area contributed by atoms with Gasteiger partial charge in [-0.1, -0.05) is 6.07 Å². The van der Waals surface area contributed by atoms with Gasteiger partial charge >= 0.3 is 0 Å². The Kier molecular flexibility index (Phi) is 2.98. The number of benzene rings is 1. The van der Waals surface area contributed by atoms with Gasteiger partial charge in [-0.05, 0) is 36.1 Å². The minimum Gasteiger partial charge on any atom is -0.312 e. The summed E-state index contributed by atoms with van der Waals surface area (Å²) in [5, 5.41) is 11.7. The molecule has 0 radical (unpaired) electrons. The molecule has 1 unspecified atom stereocenters. The molecule has 15 heavy (non-hydrogen) atoms. The summed E-state index contributed by atoms with van der Waals surface area (Å²) < 4.78 is 12.9. The monoisotopic (exact) mass is 204 g/mol. The molecule has 1 aliphatic rings. The summed E-state index contributed by atoms with van der Waals surface area (Å²) in [6.45, 7) is 0.720. The van der Waals surface area contributed by atoms with E-state index in [0.29, 0.717) is 12.5 Å². The van der Waals surface area contributed by atoms with Crippen LogP contribution in [0.15, 0.2) is 18.2 Å². The molecule has 0 aliphatic heterocycles. The van der Waals surface area contributed by atoms with Gasteiger partial charge in [0.15, 0.2) is 0 Å². The topological polar surface area (TPSA) is 35.8 Å². The van der Waals surface area contributed by atoms with E-state index >= 15 is 0 Å². The molecule has 78 valence electrons. The zero-order valence-electron chi connectivity index (χ0n) is 8.46. The number of rotatable bonds is 3. The Labute approximate surface area is 88.7 Å². The lowest BCUT2D eigenvalue weighted by Gasteiger charge is -2.09. The van der Waals surface area contributed by atoms with Gasteiger partial charge in [0.2, 0.25) is 0 Å². The molecule has 1 aromatic carbocycles. The zero-order valence-corrected chi connectivity index (χ0v) is 8.46. The van der Waals surface area contributed by atoms with Gasteiger partial charge in [-0.3, -0.25) is 0 Å². The van der Waals surface area contributed by atoms with Crippen molar-refractivity contribution in [3.63, 3.8) is 0 Å². The first-order valence-corrected chi connectivity index (χ1v) is 5.17. The molecule has 1 N–H and O–H groups in total. The maximum absolute atomic E-state index is 12.9. The summed E-state index contributed by atoms with van der Waals surface area (Å²) in [4.78, 5) is 0. The zero-order chi connectivity index (χ0) is 10.7. The lowest BCUT2D eigenvalue weighted by Crippen LogP contribution is -2.30. The van der Waals surface area contributed by atoms with Crippen molar-refractivity contribution in [2.24, 2.45) is 0 Å². The van der Waals surface area contributed by atoms with E-state index in [1.54, 1.807) is 6.07 Å². The average molecular weight is 204 g/mol. The molecule has 0 fully saturated rings. The number of nitrogens with one attached hydrogen (secondary N) is 1. The molecular weight excluding hydrogens is 191 g/mol. The summed E-state index contributed by atoms with van der Waals surface area (Å²) in [5.41, 5.74) is 2.33. The van der Waals surface area contributed by atoms with Gasteiger partial charge in [0.25, 0.3) is 0 Å². The molecule has 2 nitrogen and oxygen atoms in total. The summed E-state index contributed by atoms with van der Waals surface area (Å²) in [6.07, 6.45) is 2.35. The van der Waals surface area contributed by atoms with Gasteiger partial charge in [-0.15, -0.1) is 0 Å². The highest BCUT2D eigenvalue weighted by Gasteiger charge is 2.20. The molecule has 1 atom stereocenters. The van der Waals surface area contributed by atoms with Crippen LogP contribution >= 0.6 is 0 Å². The quantitative estimate of drug-likeness (QED) is 0.762. The predicted octanol–water partition coefficient (Wildman–Crippen LogP) is 1.80. The maximum atomic E-state index is 12.9. The Morgan fingerprint density at radius 1 is 1.40 bits per heavy atom. The van der Waals surface area contributed by atoms with Crippen LogP contribution in [0, 0.1) is 17.1 Å². The Morgan fingerprint density at radius 2 is 2.20 bits per heavy atom. The molecule has 0 heterocycles. The van der Waals surface area contributed by atoms with Gasteiger partial charge in [-0.2, -0.15) is 5.26 Å². The van der Waals surface area contributed by atoms with E-state index in [9.17, 15) is 4.39 Å². The number of nitrogens with zero attached hydrogens (tertiary/aromatic N) is 1. The molecule has 0 amide bonds. The van der Waals surface area contributed by atoms with Crippen molar-refractivity contribution in [3.05, 3.63) is 35.1 Å². The van der Waals surface area contributed by atoms with Crippen LogP contribution in [0.25, 0.3) is 0 Å². The smallest absolute Gasteiger partial charge is 0.123 e. The lowest BCUT2D eigenvalue weighted by molar-refractivity contribution is 0.540. The van der Waals surface area contributed by atoms with Crippen molar-refractivity contribution in [2.45, 2.75) is 25.3 Å². The van der Waals surface area contributed by atoms with E-state index in [0.717, 1.165) is 24.9 Å². The van der Waals surface area contributed by atoms with Gasteiger partial charge in [0, 0.05) is 19.0 Å².